The van der Waals surface area contributed by atoms with Crippen molar-refractivity contribution in [3.8, 4) is 22.6 Å². The van der Waals surface area contributed by atoms with E-state index in [0.717, 1.165) is 29.7 Å². The Bertz CT molecular complexity index is 2730. The number of alkyl halides is 3. The van der Waals surface area contributed by atoms with Crippen LogP contribution in [0.5, 0.6) is 5.75 Å². The lowest BCUT2D eigenvalue weighted by Gasteiger charge is -2.32. The van der Waals surface area contributed by atoms with Crippen LogP contribution in [0.25, 0.3) is 33.5 Å². The summed E-state index contributed by atoms with van der Waals surface area (Å²) < 4.78 is 76.3. The van der Waals surface area contributed by atoms with Crippen LogP contribution in [0.2, 0.25) is 0 Å². The second-order valence-corrected chi connectivity index (χ2v) is 15.1. The number of benzene rings is 2. The first-order valence-electron chi connectivity index (χ1n) is 19.5. The molecule has 1 saturated heterocycles. The van der Waals surface area contributed by atoms with Crippen LogP contribution in [0.3, 0.4) is 0 Å². The summed E-state index contributed by atoms with van der Waals surface area (Å²) in [5, 5.41) is 6.09. The van der Waals surface area contributed by atoms with E-state index >= 15 is 0 Å². The first-order chi connectivity index (χ1) is 28.7. The fraction of sp³-hybridized carbons (Fsp3) is 0.333. The molecule has 6 aromatic rings. The molecule has 1 aliphatic heterocycles. The summed E-state index contributed by atoms with van der Waals surface area (Å²) >= 11 is 0. The molecule has 5 heterocycles. The molecule has 312 valence electrons. The molecule has 0 spiro atoms. The summed E-state index contributed by atoms with van der Waals surface area (Å²) in [5.41, 5.74) is 1.03. The number of rotatable bonds is 9. The highest BCUT2D eigenvalue weighted by molar-refractivity contribution is 5.93. The molecule has 2 aromatic carbocycles. The Balaban J connectivity index is 1.11. The third-order valence-electron chi connectivity index (χ3n) is 11.3. The maximum Gasteiger partial charge on any atom is 0.491 e. The van der Waals surface area contributed by atoms with E-state index in [1.807, 2.05) is 7.05 Å². The lowest BCUT2D eigenvalue weighted by molar-refractivity contribution is -0.189. The van der Waals surface area contributed by atoms with Gasteiger partial charge >= 0.3 is 17.8 Å². The molecule has 0 atom stereocenters. The number of pyridine rings is 2. The van der Waals surface area contributed by atoms with Crippen LogP contribution >= 0.6 is 0 Å². The molecular formula is C42H39F5N8O5. The van der Waals surface area contributed by atoms with Gasteiger partial charge < -0.3 is 19.8 Å². The van der Waals surface area contributed by atoms with Crippen molar-refractivity contribution in [2.24, 2.45) is 0 Å². The zero-order chi connectivity index (χ0) is 42.3. The number of ether oxygens (including phenoxy) is 1. The van der Waals surface area contributed by atoms with E-state index in [4.69, 9.17) is 4.74 Å². The van der Waals surface area contributed by atoms with Gasteiger partial charge in [-0.15, -0.1) is 0 Å². The van der Waals surface area contributed by atoms with Crippen molar-refractivity contribution in [3.63, 3.8) is 0 Å². The van der Waals surface area contributed by atoms with E-state index in [-0.39, 0.29) is 34.2 Å². The van der Waals surface area contributed by atoms with E-state index in [0.29, 0.717) is 73.7 Å². The van der Waals surface area contributed by atoms with Gasteiger partial charge in [0.05, 0.1) is 17.3 Å². The van der Waals surface area contributed by atoms with Crippen molar-refractivity contribution >= 4 is 28.6 Å². The first-order valence-corrected chi connectivity index (χ1v) is 19.5. The Hall–Kier alpha value is -6.27. The fourth-order valence-electron chi connectivity index (χ4n) is 8.19. The number of carbonyl (C=O) groups is 2. The van der Waals surface area contributed by atoms with Crippen molar-refractivity contribution in [2.75, 3.05) is 20.1 Å². The second kappa shape index (κ2) is 16.4. The molecule has 2 N–H and O–H groups in total. The monoisotopic (exact) mass is 830 g/mol. The number of imidazole rings is 1. The summed E-state index contributed by atoms with van der Waals surface area (Å²) in [7, 11) is 1.89. The molecule has 0 unspecified atom stereocenters. The van der Waals surface area contributed by atoms with Crippen LogP contribution in [0, 0.1) is 11.6 Å². The van der Waals surface area contributed by atoms with Crippen LogP contribution in [0.4, 0.5) is 22.0 Å². The van der Waals surface area contributed by atoms with Crippen LogP contribution in [0.15, 0.2) is 88.8 Å². The summed E-state index contributed by atoms with van der Waals surface area (Å²) in [5.74, 6) is -4.33. The minimum absolute atomic E-state index is 0.0740. The number of piperidine rings is 1. The smallest absolute Gasteiger partial charge is 0.420 e. The summed E-state index contributed by atoms with van der Waals surface area (Å²) in [6, 6.07) is 14.1. The number of hydrogen-bond donors (Lipinski definition) is 2. The molecule has 2 aliphatic rings. The Morgan fingerprint density at radius 1 is 0.883 bits per heavy atom. The number of hydrogen-bond acceptors (Lipinski definition) is 9. The number of nitrogens with one attached hydrogen (secondary N) is 2. The maximum atomic E-state index is 14.7. The lowest BCUT2D eigenvalue weighted by atomic mass is 9.90. The minimum Gasteiger partial charge on any atom is -0.420 e. The number of fused-ring (bicyclic) bond motifs is 2. The Morgan fingerprint density at radius 2 is 1.65 bits per heavy atom. The van der Waals surface area contributed by atoms with Gasteiger partial charge in [0, 0.05) is 37.1 Å². The zero-order valence-electron chi connectivity index (χ0n) is 32.2. The number of likely N-dealkylation sites (tertiary alicyclic amines) is 1. The molecule has 0 radical (unpaired) electrons. The zero-order valence-corrected chi connectivity index (χ0v) is 32.2. The van der Waals surface area contributed by atoms with Crippen LogP contribution in [0.1, 0.15) is 60.6 Å². The van der Waals surface area contributed by atoms with Crippen LogP contribution in [-0.4, -0.2) is 78.7 Å². The molecule has 1 saturated carbocycles. The van der Waals surface area contributed by atoms with Gasteiger partial charge in [-0.05, 0) is 118 Å². The van der Waals surface area contributed by atoms with Crippen LogP contribution in [-0.2, 0) is 11.3 Å². The number of carbonyl (C=O) groups excluding carboxylic acids is 2. The normalized spacial score (nSPS) is 17.9. The molecule has 18 heteroatoms. The molecular weight excluding hydrogens is 792 g/mol. The number of nitrogens with zero attached hydrogens (tertiary/aromatic N) is 6. The molecule has 2 fully saturated rings. The van der Waals surface area contributed by atoms with E-state index in [1.54, 1.807) is 30.3 Å². The quantitative estimate of drug-likeness (QED) is 0.107. The van der Waals surface area contributed by atoms with Gasteiger partial charge in [0.25, 0.3) is 11.5 Å². The maximum absolute atomic E-state index is 14.7. The number of esters is 1. The van der Waals surface area contributed by atoms with E-state index < -0.39 is 47.0 Å². The molecule has 4 aromatic heterocycles. The predicted molar refractivity (Wildman–Crippen MR) is 210 cm³/mol. The van der Waals surface area contributed by atoms with Gasteiger partial charge in [0.15, 0.2) is 5.65 Å². The number of halogens is 5. The van der Waals surface area contributed by atoms with Crippen molar-refractivity contribution in [1.29, 1.82) is 0 Å². The predicted octanol–water partition coefficient (Wildman–Crippen LogP) is 5.71. The first kappa shape index (κ1) is 40.5. The van der Waals surface area contributed by atoms with Gasteiger partial charge in [-0.2, -0.15) is 13.2 Å². The standard InChI is InChI=1S/C42H39F5N8O5/c1-48-28-13-15-52(16-14-28)21-25-18-32(60-40(58)42(45,46)47)10-11-33(25)24-3-2-4-31(17-24)54-37-34(19-27(44)20-49-37)39(57)55(41(54)59)30-8-6-29(7-9-30)50-38(56)35-23-53-22-26(43)5-12-36(53)51-35/h2-5,10-12,17-20,22-23,28-30,48H,6-9,13-16,21H2,1H3,(H,50,56)/t29-,30+. The number of amides is 1. The van der Waals surface area contributed by atoms with Crippen molar-refractivity contribution in [3.05, 3.63) is 123 Å². The highest BCUT2D eigenvalue weighted by Gasteiger charge is 2.41. The third-order valence-corrected chi connectivity index (χ3v) is 11.3. The van der Waals surface area contributed by atoms with Crippen molar-refractivity contribution in [2.45, 2.75) is 69.4 Å². The Morgan fingerprint density at radius 3 is 2.38 bits per heavy atom. The number of aromatic nitrogens is 5. The lowest BCUT2D eigenvalue weighted by Crippen LogP contribution is -2.45. The fourth-order valence-corrected chi connectivity index (χ4v) is 8.19. The van der Waals surface area contributed by atoms with Gasteiger partial charge in [0.2, 0.25) is 0 Å². The summed E-state index contributed by atoms with van der Waals surface area (Å²) in [6.07, 6.45) is 1.53. The summed E-state index contributed by atoms with van der Waals surface area (Å²) in [6.45, 7) is 1.74. The summed E-state index contributed by atoms with van der Waals surface area (Å²) in [4.78, 5) is 63.9. The molecule has 1 aliphatic carbocycles. The second-order valence-electron chi connectivity index (χ2n) is 15.1. The highest BCUT2D eigenvalue weighted by atomic mass is 19.4. The highest BCUT2D eigenvalue weighted by Crippen LogP contribution is 2.33. The van der Waals surface area contributed by atoms with Crippen molar-refractivity contribution < 1.29 is 36.3 Å². The molecule has 60 heavy (non-hydrogen) atoms. The average Bonchev–Trinajstić information content (AvgIpc) is 3.66. The van der Waals surface area contributed by atoms with E-state index in [9.17, 15) is 41.1 Å². The Kier molecular flexibility index (Phi) is 11.1. The van der Waals surface area contributed by atoms with Gasteiger partial charge in [0.1, 0.15) is 28.7 Å². The van der Waals surface area contributed by atoms with Gasteiger partial charge in [-0.1, -0.05) is 18.2 Å². The van der Waals surface area contributed by atoms with Crippen molar-refractivity contribution in [1.82, 2.24) is 39.0 Å². The molecule has 8 rings (SSSR count). The SMILES string of the molecule is CNC1CCN(Cc2cc(OC(=O)C(F)(F)F)ccc2-c2cccc(-n3c(=O)n([C@H]4CC[C@@H](NC(=O)c5cn6cc(F)ccc6n5)CC4)c(=O)c4cc(F)cnc43)c2)CC1. The average molecular weight is 831 g/mol. The van der Waals surface area contributed by atoms with Gasteiger partial charge in [-0.3, -0.25) is 19.1 Å². The Labute approximate surface area is 338 Å². The topological polar surface area (TPSA) is 145 Å². The van der Waals surface area contributed by atoms with E-state index in [2.05, 4.69) is 25.5 Å². The van der Waals surface area contributed by atoms with Crippen LogP contribution < -0.4 is 26.6 Å². The molecule has 1 amide bonds. The molecule has 13 nitrogen and oxygen atoms in total. The van der Waals surface area contributed by atoms with E-state index in [1.165, 1.54) is 45.6 Å². The minimum atomic E-state index is -5.19. The third kappa shape index (κ3) is 8.29. The largest absolute Gasteiger partial charge is 0.491 e. The molecule has 0 bridgehead atoms. The van der Waals surface area contributed by atoms with Gasteiger partial charge in [-0.25, -0.2) is 32.9 Å².